The van der Waals surface area contributed by atoms with Crippen molar-refractivity contribution in [1.82, 2.24) is 0 Å². The maximum atomic E-state index is 13.2. The van der Waals surface area contributed by atoms with Gasteiger partial charge in [0.05, 0.1) is 16.4 Å². The molecule has 1 fully saturated rings. The van der Waals surface area contributed by atoms with Gasteiger partial charge in [-0.2, -0.15) is 13.2 Å². The third-order valence-electron chi connectivity index (χ3n) is 4.09. The molecule has 0 heterocycles. The number of hydrogen-bond donors (Lipinski definition) is 0. The number of nitro benzene ring substituents is 1. The van der Waals surface area contributed by atoms with Crippen molar-refractivity contribution in [1.29, 1.82) is 0 Å². The molecule has 1 aliphatic rings. The molecular formula is C17H11F4NO4. The number of halogens is 4. The fourth-order valence-corrected chi connectivity index (χ4v) is 2.65. The van der Waals surface area contributed by atoms with Gasteiger partial charge in [0.2, 0.25) is 5.75 Å². The fraction of sp³-hybridized carbons (Fsp3) is 0.235. The molecule has 2 aromatic carbocycles. The molecule has 1 saturated carbocycles. The van der Waals surface area contributed by atoms with Gasteiger partial charge in [0.1, 0.15) is 5.82 Å². The smallest absolute Gasteiger partial charge is 0.416 e. The maximum absolute atomic E-state index is 13.2. The number of hydrogen-bond acceptors (Lipinski definition) is 4. The Morgan fingerprint density at radius 1 is 1.15 bits per heavy atom. The highest BCUT2D eigenvalue weighted by molar-refractivity contribution is 5.80. The van der Waals surface area contributed by atoms with Crippen LogP contribution in [0.4, 0.5) is 23.2 Å². The van der Waals surface area contributed by atoms with Gasteiger partial charge in [0, 0.05) is 12.1 Å². The molecule has 0 aromatic heterocycles. The van der Waals surface area contributed by atoms with Crippen LogP contribution in [0.25, 0.3) is 0 Å². The predicted molar refractivity (Wildman–Crippen MR) is 81.0 cm³/mol. The molecule has 0 radical (unpaired) electrons. The minimum atomic E-state index is -4.45. The molecular weight excluding hydrogens is 358 g/mol. The van der Waals surface area contributed by atoms with E-state index in [0.717, 1.165) is 30.3 Å². The highest BCUT2D eigenvalue weighted by atomic mass is 19.4. The number of benzene rings is 2. The van der Waals surface area contributed by atoms with E-state index in [2.05, 4.69) is 0 Å². The molecule has 5 nitrogen and oxygen atoms in total. The number of esters is 1. The van der Waals surface area contributed by atoms with E-state index in [1.807, 2.05) is 0 Å². The summed E-state index contributed by atoms with van der Waals surface area (Å²) >= 11 is 0. The number of alkyl halides is 3. The number of carbonyl (C=O) groups excluding carboxylic acids is 1. The van der Waals surface area contributed by atoms with Gasteiger partial charge in [-0.05, 0) is 36.1 Å². The molecule has 2 atom stereocenters. The Kier molecular flexibility index (Phi) is 4.39. The van der Waals surface area contributed by atoms with Crippen LogP contribution in [-0.2, 0) is 11.0 Å². The summed E-state index contributed by atoms with van der Waals surface area (Å²) in [5.41, 5.74) is -0.809. The van der Waals surface area contributed by atoms with Crippen molar-refractivity contribution in [2.75, 3.05) is 0 Å². The van der Waals surface area contributed by atoms with Gasteiger partial charge < -0.3 is 4.74 Å². The van der Waals surface area contributed by atoms with Crippen LogP contribution >= 0.6 is 0 Å². The quantitative estimate of drug-likeness (QED) is 0.262. The molecule has 26 heavy (non-hydrogen) atoms. The molecule has 0 saturated heterocycles. The number of carbonyl (C=O) groups is 1. The Hall–Kier alpha value is -2.97. The van der Waals surface area contributed by atoms with Crippen LogP contribution in [0.15, 0.2) is 42.5 Å². The summed E-state index contributed by atoms with van der Waals surface area (Å²) in [7, 11) is 0. The molecule has 0 N–H and O–H groups in total. The first kappa shape index (κ1) is 17.8. The van der Waals surface area contributed by atoms with Crippen molar-refractivity contribution >= 4 is 11.7 Å². The summed E-state index contributed by atoms with van der Waals surface area (Å²) in [6.07, 6.45) is -4.11. The Morgan fingerprint density at radius 2 is 1.81 bits per heavy atom. The van der Waals surface area contributed by atoms with Crippen molar-refractivity contribution in [2.45, 2.75) is 18.5 Å². The number of nitrogens with zero attached hydrogens (tertiary/aromatic N) is 1. The lowest BCUT2D eigenvalue weighted by Gasteiger charge is -2.08. The first-order valence-corrected chi connectivity index (χ1v) is 7.49. The second kappa shape index (κ2) is 6.40. The van der Waals surface area contributed by atoms with Crippen LogP contribution in [0.2, 0.25) is 0 Å². The Morgan fingerprint density at radius 3 is 2.38 bits per heavy atom. The van der Waals surface area contributed by atoms with Gasteiger partial charge in [-0.1, -0.05) is 12.1 Å². The normalized spacial score (nSPS) is 19.1. The molecule has 0 amide bonds. The van der Waals surface area contributed by atoms with Crippen molar-refractivity contribution < 1.29 is 32.0 Å². The maximum Gasteiger partial charge on any atom is 0.416 e. The van der Waals surface area contributed by atoms with Crippen LogP contribution in [0.5, 0.6) is 5.75 Å². The molecule has 0 aliphatic heterocycles. The van der Waals surface area contributed by atoms with Crippen molar-refractivity contribution in [3.05, 3.63) is 69.5 Å². The van der Waals surface area contributed by atoms with E-state index < -0.39 is 45.8 Å². The van der Waals surface area contributed by atoms with E-state index in [0.29, 0.717) is 12.0 Å². The number of ether oxygens (including phenoxy) is 1. The zero-order valence-corrected chi connectivity index (χ0v) is 13.0. The third-order valence-corrected chi connectivity index (χ3v) is 4.09. The van der Waals surface area contributed by atoms with Crippen LogP contribution in [0.1, 0.15) is 23.5 Å². The van der Waals surface area contributed by atoms with Gasteiger partial charge in [-0.25, -0.2) is 4.39 Å². The lowest BCUT2D eigenvalue weighted by Crippen LogP contribution is -2.12. The van der Waals surface area contributed by atoms with E-state index in [-0.39, 0.29) is 5.92 Å². The monoisotopic (exact) mass is 369 g/mol. The van der Waals surface area contributed by atoms with Gasteiger partial charge in [0.25, 0.3) is 0 Å². The first-order chi connectivity index (χ1) is 12.2. The van der Waals surface area contributed by atoms with Crippen molar-refractivity contribution in [2.24, 2.45) is 5.92 Å². The average molecular weight is 369 g/mol. The minimum Gasteiger partial charge on any atom is -0.419 e. The molecule has 0 bridgehead atoms. The topological polar surface area (TPSA) is 69.4 Å². The molecule has 136 valence electrons. The zero-order chi connectivity index (χ0) is 19.1. The third kappa shape index (κ3) is 3.66. The standard InChI is InChI=1S/C17H11F4NO4/c18-11-5-6-14(22(24)25)15(7-11)26-16(23)13-8-12(13)9-1-3-10(4-2-9)17(19,20)21/h1-7,12-13H,8H2. The van der Waals surface area contributed by atoms with E-state index >= 15 is 0 Å². The average Bonchev–Trinajstić information content (AvgIpc) is 3.34. The molecule has 2 unspecified atom stereocenters. The van der Waals surface area contributed by atoms with Crippen LogP contribution < -0.4 is 4.74 Å². The lowest BCUT2D eigenvalue weighted by atomic mass is 10.1. The van der Waals surface area contributed by atoms with Gasteiger partial charge in [-0.3, -0.25) is 14.9 Å². The van der Waals surface area contributed by atoms with E-state index in [4.69, 9.17) is 4.74 Å². The van der Waals surface area contributed by atoms with Crippen LogP contribution in [-0.4, -0.2) is 10.9 Å². The molecule has 9 heteroatoms. The van der Waals surface area contributed by atoms with Gasteiger partial charge in [0.15, 0.2) is 0 Å². The second-order valence-electron chi connectivity index (χ2n) is 5.86. The zero-order valence-electron chi connectivity index (χ0n) is 13.0. The lowest BCUT2D eigenvalue weighted by molar-refractivity contribution is -0.385. The number of nitro groups is 1. The Labute approximate surface area is 144 Å². The second-order valence-corrected chi connectivity index (χ2v) is 5.86. The van der Waals surface area contributed by atoms with E-state index in [1.165, 1.54) is 12.1 Å². The van der Waals surface area contributed by atoms with Crippen molar-refractivity contribution in [3.63, 3.8) is 0 Å². The fourth-order valence-electron chi connectivity index (χ4n) is 2.65. The summed E-state index contributed by atoms with van der Waals surface area (Å²) in [5.74, 6) is -3.07. The molecule has 1 aliphatic carbocycles. The van der Waals surface area contributed by atoms with Crippen LogP contribution in [0.3, 0.4) is 0 Å². The van der Waals surface area contributed by atoms with Gasteiger partial charge in [-0.15, -0.1) is 0 Å². The highest BCUT2D eigenvalue weighted by Gasteiger charge is 2.46. The summed E-state index contributed by atoms with van der Waals surface area (Å²) in [6, 6.07) is 6.92. The summed E-state index contributed by atoms with van der Waals surface area (Å²) in [6.45, 7) is 0. The largest absolute Gasteiger partial charge is 0.419 e. The molecule has 2 aromatic rings. The van der Waals surface area contributed by atoms with Crippen LogP contribution in [0, 0.1) is 21.8 Å². The van der Waals surface area contributed by atoms with E-state index in [1.54, 1.807) is 0 Å². The van der Waals surface area contributed by atoms with E-state index in [9.17, 15) is 32.5 Å². The summed E-state index contributed by atoms with van der Waals surface area (Å²) in [5, 5.41) is 10.9. The Bertz CT molecular complexity index is 864. The minimum absolute atomic E-state index is 0.336. The Balaban J connectivity index is 1.70. The molecule has 0 spiro atoms. The first-order valence-electron chi connectivity index (χ1n) is 7.49. The SMILES string of the molecule is O=C(Oc1cc(F)ccc1[N+](=O)[O-])C1CC1c1ccc(C(F)(F)F)cc1. The highest BCUT2D eigenvalue weighted by Crippen LogP contribution is 2.49. The molecule has 3 rings (SSSR count). The van der Waals surface area contributed by atoms with Gasteiger partial charge >= 0.3 is 17.8 Å². The summed E-state index contributed by atoms with van der Waals surface area (Å²) in [4.78, 5) is 22.2. The number of rotatable bonds is 4. The van der Waals surface area contributed by atoms with Crippen molar-refractivity contribution in [3.8, 4) is 5.75 Å². The predicted octanol–water partition coefficient (Wildman–Crippen LogP) is 4.46. The summed E-state index contributed by atoms with van der Waals surface area (Å²) < 4.78 is 55.9.